The molecular formula is C22H46F6NP. The van der Waals surface area contributed by atoms with Crippen molar-refractivity contribution < 1.29 is 30.1 Å². The van der Waals surface area contributed by atoms with Crippen molar-refractivity contribution in [3.05, 3.63) is 0 Å². The van der Waals surface area contributed by atoms with Crippen LogP contribution in [0, 0.1) is 5.92 Å². The van der Waals surface area contributed by atoms with E-state index in [2.05, 4.69) is 13.8 Å². The zero-order valence-corrected chi connectivity index (χ0v) is 20.1. The molecule has 8 heteroatoms. The summed E-state index contributed by atoms with van der Waals surface area (Å²) in [6.07, 6.45) is 23.6. The Balaban J connectivity index is 0.00000103. The Labute approximate surface area is 180 Å². The van der Waals surface area contributed by atoms with Crippen LogP contribution in [-0.2, 0) is 0 Å². The van der Waals surface area contributed by atoms with Crippen molar-refractivity contribution in [3.63, 3.8) is 0 Å². The molecule has 1 aliphatic rings. The van der Waals surface area contributed by atoms with Gasteiger partial charge in [0.2, 0.25) is 0 Å². The molecule has 0 aromatic heterocycles. The third kappa shape index (κ3) is 30.2. The summed E-state index contributed by atoms with van der Waals surface area (Å²) in [4.78, 5) is 1.89. The molecule has 0 aromatic rings. The summed E-state index contributed by atoms with van der Waals surface area (Å²) in [5.74, 6) is 0.977. The number of hydrogen-bond acceptors (Lipinski definition) is 0. The van der Waals surface area contributed by atoms with Crippen LogP contribution in [0.4, 0.5) is 25.2 Å². The van der Waals surface area contributed by atoms with Gasteiger partial charge in [-0.2, -0.15) is 0 Å². The van der Waals surface area contributed by atoms with Crippen LogP contribution in [0.25, 0.3) is 0 Å². The summed E-state index contributed by atoms with van der Waals surface area (Å²) in [5, 5.41) is 0. The molecule has 1 fully saturated rings. The van der Waals surface area contributed by atoms with E-state index in [4.69, 9.17) is 0 Å². The molecule has 0 bridgehead atoms. The van der Waals surface area contributed by atoms with E-state index >= 15 is 0 Å². The first kappa shape index (κ1) is 30.0. The molecule has 0 aliphatic carbocycles. The van der Waals surface area contributed by atoms with Gasteiger partial charge in [0.15, 0.2) is 0 Å². The van der Waals surface area contributed by atoms with E-state index in [-0.39, 0.29) is 0 Å². The first-order chi connectivity index (χ1) is 13.8. The van der Waals surface area contributed by atoms with Gasteiger partial charge in [0.25, 0.3) is 0 Å². The number of likely N-dealkylation sites (tertiary alicyclic amines) is 1. The first-order valence-electron chi connectivity index (χ1n) is 12.2. The predicted molar refractivity (Wildman–Crippen MR) is 118 cm³/mol. The summed E-state index contributed by atoms with van der Waals surface area (Å²) < 4.78 is 59.2. The fraction of sp³-hybridized carbons (Fsp3) is 1.00. The van der Waals surface area contributed by atoms with E-state index in [1.807, 2.05) is 4.90 Å². The molecule has 1 saturated heterocycles. The van der Waals surface area contributed by atoms with Crippen LogP contribution in [-0.4, -0.2) is 19.6 Å². The molecular weight excluding hydrogens is 423 g/mol. The molecule has 1 heterocycles. The summed E-state index contributed by atoms with van der Waals surface area (Å²) in [7, 11) is -10.7. The van der Waals surface area contributed by atoms with E-state index in [0.717, 1.165) is 5.92 Å². The van der Waals surface area contributed by atoms with Crippen molar-refractivity contribution >= 4 is 7.81 Å². The molecule has 1 rings (SSSR count). The second-order valence-electron chi connectivity index (χ2n) is 9.26. The van der Waals surface area contributed by atoms with E-state index in [1.54, 1.807) is 0 Å². The third-order valence-corrected chi connectivity index (χ3v) is 5.75. The molecule has 0 radical (unpaired) electrons. The van der Waals surface area contributed by atoms with E-state index < -0.39 is 7.81 Å². The van der Waals surface area contributed by atoms with Gasteiger partial charge in [-0.1, -0.05) is 90.9 Å². The SMILES string of the molecule is CCCCCCCCCCCCCCCC[NH+]1CCCC(C)C1.F[P-](F)(F)(F)(F)F. The Kier molecular flexibility index (Phi) is 14.2. The van der Waals surface area contributed by atoms with E-state index in [0.29, 0.717) is 0 Å². The van der Waals surface area contributed by atoms with Gasteiger partial charge in [0.05, 0.1) is 19.6 Å². The number of quaternary nitrogens is 1. The van der Waals surface area contributed by atoms with Crippen LogP contribution < -0.4 is 4.90 Å². The topological polar surface area (TPSA) is 4.44 Å². The minimum absolute atomic E-state index is 0.977. The van der Waals surface area contributed by atoms with Crippen molar-refractivity contribution in [1.82, 2.24) is 0 Å². The molecule has 1 nitrogen and oxygen atoms in total. The number of piperidine rings is 1. The maximum absolute atomic E-state index is 10.7. The third-order valence-electron chi connectivity index (χ3n) is 5.75. The molecule has 0 saturated carbocycles. The number of nitrogens with one attached hydrogen (secondary N) is 1. The number of unbranched alkanes of at least 4 members (excludes halogenated alkanes) is 13. The monoisotopic (exact) mass is 469 g/mol. The fourth-order valence-electron chi connectivity index (χ4n) is 4.19. The van der Waals surface area contributed by atoms with Gasteiger partial charge in [-0.3, -0.25) is 0 Å². The Morgan fingerprint density at radius 2 is 1.03 bits per heavy atom. The van der Waals surface area contributed by atoms with Crippen LogP contribution in [0.5, 0.6) is 0 Å². The minimum atomic E-state index is -10.7. The average molecular weight is 470 g/mol. The van der Waals surface area contributed by atoms with Gasteiger partial charge in [-0.15, -0.1) is 0 Å². The standard InChI is InChI=1S/C22H45N.F6P/c1-3-4-5-6-7-8-9-10-11-12-13-14-15-16-19-23-20-17-18-22(2)21-23;1-7(2,3,4,5)6/h22H,3-21H2,1-2H3;/q;-1/p+1. The van der Waals surface area contributed by atoms with Crippen molar-refractivity contribution in [2.45, 2.75) is 117 Å². The summed E-state index contributed by atoms with van der Waals surface area (Å²) in [5.41, 5.74) is 0. The first-order valence-corrected chi connectivity index (χ1v) is 14.2. The molecule has 0 aromatic carbocycles. The molecule has 0 spiro atoms. The van der Waals surface area contributed by atoms with Crippen molar-refractivity contribution in [2.24, 2.45) is 5.92 Å². The van der Waals surface area contributed by atoms with Gasteiger partial charge in [0.1, 0.15) is 0 Å². The molecule has 1 N–H and O–H groups in total. The predicted octanol–water partition coefficient (Wildman–Crippen LogP) is 9.16. The number of rotatable bonds is 15. The van der Waals surface area contributed by atoms with Crippen molar-refractivity contribution in [3.8, 4) is 0 Å². The Bertz CT molecular complexity index is 401. The number of hydrogen-bond donors (Lipinski definition) is 1. The fourth-order valence-corrected chi connectivity index (χ4v) is 4.19. The molecule has 2 atom stereocenters. The average Bonchev–Trinajstić information content (AvgIpc) is 2.59. The van der Waals surface area contributed by atoms with Crippen molar-refractivity contribution in [2.75, 3.05) is 19.6 Å². The van der Waals surface area contributed by atoms with E-state index in [9.17, 15) is 25.2 Å². The van der Waals surface area contributed by atoms with Crippen molar-refractivity contribution in [1.29, 1.82) is 0 Å². The molecule has 30 heavy (non-hydrogen) atoms. The Morgan fingerprint density at radius 3 is 1.40 bits per heavy atom. The second kappa shape index (κ2) is 14.2. The quantitative estimate of drug-likeness (QED) is 0.139. The zero-order chi connectivity index (χ0) is 23.0. The molecule has 2 unspecified atom stereocenters. The van der Waals surface area contributed by atoms with Crippen LogP contribution in [0.2, 0.25) is 0 Å². The Morgan fingerprint density at radius 1 is 0.667 bits per heavy atom. The maximum atomic E-state index is 9.87. The van der Waals surface area contributed by atoms with Crippen LogP contribution in [0.15, 0.2) is 0 Å². The summed E-state index contributed by atoms with van der Waals surface area (Å²) >= 11 is 0. The Hall–Kier alpha value is -0.0300. The van der Waals surface area contributed by atoms with E-state index in [1.165, 1.54) is 122 Å². The van der Waals surface area contributed by atoms with Crippen LogP contribution in [0.3, 0.4) is 0 Å². The molecule has 0 amide bonds. The summed E-state index contributed by atoms with van der Waals surface area (Å²) in [6.45, 7) is 9.07. The molecule has 186 valence electrons. The summed E-state index contributed by atoms with van der Waals surface area (Å²) in [6, 6.07) is 0. The van der Waals surface area contributed by atoms with Gasteiger partial charge in [-0.05, 0) is 25.7 Å². The zero-order valence-electron chi connectivity index (χ0n) is 19.2. The van der Waals surface area contributed by atoms with Crippen LogP contribution >= 0.6 is 7.81 Å². The number of halogens is 6. The molecule has 1 aliphatic heterocycles. The van der Waals surface area contributed by atoms with Crippen LogP contribution in [0.1, 0.15) is 117 Å². The van der Waals surface area contributed by atoms with Gasteiger partial charge >= 0.3 is 33.0 Å². The normalized spacial score (nSPS) is 22.0. The van der Waals surface area contributed by atoms with Gasteiger partial charge in [-0.25, -0.2) is 0 Å². The van der Waals surface area contributed by atoms with Gasteiger partial charge < -0.3 is 4.90 Å². The second-order valence-corrected chi connectivity index (χ2v) is 11.2. The van der Waals surface area contributed by atoms with Gasteiger partial charge in [0, 0.05) is 5.92 Å².